The van der Waals surface area contributed by atoms with Crippen LogP contribution in [0.3, 0.4) is 0 Å². The number of carbonyl (C=O) groups is 1. The summed E-state index contributed by atoms with van der Waals surface area (Å²) in [7, 11) is 0. The van der Waals surface area contributed by atoms with Gasteiger partial charge in [0.1, 0.15) is 0 Å². The summed E-state index contributed by atoms with van der Waals surface area (Å²) in [5.41, 5.74) is 0. The first-order valence-electron chi connectivity index (χ1n) is 6.96. The zero-order chi connectivity index (χ0) is 12.3. The predicted octanol–water partition coefficient (Wildman–Crippen LogP) is 0.539. The van der Waals surface area contributed by atoms with Crippen molar-refractivity contribution in [2.24, 2.45) is 5.92 Å². The first-order valence-corrected chi connectivity index (χ1v) is 6.96. The second-order valence-electron chi connectivity index (χ2n) is 5.28. The molecule has 0 aromatic carbocycles. The molecule has 2 aliphatic rings. The van der Waals surface area contributed by atoms with Gasteiger partial charge in [0.05, 0.1) is 6.04 Å². The summed E-state index contributed by atoms with van der Waals surface area (Å²) in [4.78, 5) is 16.7. The van der Waals surface area contributed by atoms with E-state index in [9.17, 15) is 4.79 Å². The molecule has 1 N–H and O–H groups in total. The van der Waals surface area contributed by atoms with Crippen molar-refractivity contribution in [1.29, 1.82) is 0 Å². The van der Waals surface area contributed by atoms with Gasteiger partial charge in [-0.25, -0.2) is 0 Å². The zero-order valence-electron chi connectivity index (χ0n) is 11.1. The van der Waals surface area contributed by atoms with Gasteiger partial charge in [-0.3, -0.25) is 9.69 Å². The van der Waals surface area contributed by atoms with Gasteiger partial charge in [0, 0.05) is 39.3 Å². The molecule has 0 aromatic rings. The maximum Gasteiger partial charge on any atom is 0.239 e. The molecule has 0 aromatic heterocycles. The van der Waals surface area contributed by atoms with Gasteiger partial charge >= 0.3 is 0 Å². The first kappa shape index (κ1) is 12.8. The smallest absolute Gasteiger partial charge is 0.239 e. The Bertz CT molecular complexity index is 259. The third kappa shape index (κ3) is 3.42. The van der Waals surface area contributed by atoms with Gasteiger partial charge in [-0.1, -0.05) is 0 Å². The maximum absolute atomic E-state index is 12.4. The van der Waals surface area contributed by atoms with E-state index >= 15 is 0 Å². The Morgan fingerprint density at radius 2 is 2.06 bits per heavy atom. The summed E-state index contributed by atoms with van der Waals surface area (Å²) in [5.74, 6) is 1.11. The van der Waals surface area contributed by atoms with Crippen LogP contribution in [0.1, 0.15) is 26.7 Å². The fraction of sp³-hybridized carbons (Fsp3) is 0.923. The number of nitrogens with one attached hydrogen (secondary N) is 1. The molecule has 1 unspecified atom stereocenters. The highest BCUT2D eigenvalue weighted by atomic mass is 16.2. The van der Waals surface area contributed by atoms with Crippen molar-refractivity contribution in [3.8, 4) is 0 Å². The normalized spacial score (nSPS) is 23.4. The first-order chi connectivity index (χ1) is 8.22. The second-order valence-corrected chi connectivity index (χ2v) is 5.28. The van der Waals surface area contributed by atoms with Crippen molar-refractivity contribution in [2.75, 3.05) is 39.3 Å². The molecule has 1 amide bonds. The number of nitrogens with zero attached hydrogens (tertiary/aromatic N) is 2. The Morgan fingerprint density at radius 3 is 2.59 bits per heavy atom. The molecule has 0 bridgehead atoms. The van der Waals surface area contributed by atoms with E-state index in [-0.39, 0.29) is 6.04 Å². The number of carbonyl (C=O) groups excluding carboxylic acids is 1. The molecular formula is C13H25N3O. The molecule has 4 nitrogen and oxygen atoms in total. The highest BCUT2D eigenvalue weighted by Gasteiger charge is 2.30. The van der Waals surface area contributed by atoms with Crippen LogP contribution in [0.5, 0.6) is 0 Å². The Balaban J connectivity index is 1.86. The molecule has 17 heavy (non-hydrogen) atoms. The minimum absolute atomic E-state index is 0.0517. The summed E-state index contributed by atoms with van der Waals surface area (Å²) in [5, 5.41) is 3.33. The summed E-state index contributed by atoms with van der Waals surface area (Å²) in [6, 6.07) is 0.0517. The fourth-order valence-electron chi connectivity index (χ4n) is 2.48. The molecule has 0 radical (unpaired) electrons. The molecular weight excluding hydrogens is 214 g/mol. The van der Waals surface area contributed by atoms with Crippen LogP contribution in [0.15, 0.2) is 0 Å². The lowest BCUT2D eigenvalue weighted by Crippen LogP contribution is -2.53. The van der Waals surface area contributed by atoms with Crippen molar-refractivity contribution < 1.29 is 4.79 Å². The van der Waals surface area contributed by atoms with Crippen molar-refractivity contribution in [2.45, 2.75) is 32.7 Å². The third-order valence-electron chi connectivity index (χ3n) is 3.93. The topological polar surface area (TPSA) is 35.6 Å². The summed E-state index contributed by atoms with van der Waals surface area (Å²) < 4.78 is 0. The SMILES string of the molecule is CCN(CC1CC1)C(=O)C(C)N1CCNCC1. The van der Waals surface area contributed by atoms with Crippen LogP contribution in [0, 0.1) is 5.92 Å². The number of amides is 1. The fourth-order valence-corrected chi connectivity index (χ4v) is 2.48. The van der Waals surface area contributed by atoms with E-state index in [4.69, 9.17) is 0 Å². The van der Waals surface area contributed by atoms with Crippen molar-refractivity contribution in [3.63, 3.8) is 0 Å². The molecule has 0 spiro atoms. The van der Waals surface area contributed by atoms with E-state index in [0.717, 1.165) is 45.2 Å². The highest BCUT2D eigenvalue weighted by molar-refractivity contribution is 5.81. The van der Waals surface area contributed by atoms with Gasteiger partial charge in [-0.15, -0.1) is 0 Å². The highest BCUT2D eigenvalue weighted by Crippen LogP contribution is 2.29. The Hall–Kier alpha value is -0.610. The quantitative estimate of drug-likeness (QED) is 0.760. The lowest BCUT2D eigenvalue weighted by atomic mass is 10.2. The van der Waals surface area contributed by atoms with Crippen LogP contribution in [-0.2, 0) is 4.79 Å². The molecule has 1 atom stereocenters. The molecule has 1 aliphatic carbocycles. The summed E-state index contributed by atoms with van der Waals surface area (Å²) in [6.07, 6.45) is 2.62. The number of piperazine rings is 1. The van der Waals surface area contributed by atoms with Gasteiger partial charge in [0.2, 0.25) is 5.91 Å². The standard InChI is InChI=1S/C13H25N3O/c1-3-15(10-12-4-5-12)13(17)11(2)16-8-6-14-7-9-16/h11-12,14H,3-10H2,1-2H3. The zero-order valence-corrected chi connectivity index (χ0v) is 11.1. The molecule has 1 heterocycles. The van der Waals surface area contributed by atoms with Gasteiger partial charge in [0.15, 0.2) is 0 Å². The van der Waals surface area contributed by atoms with E-state index in [2.05, 4.69) is 24.1 Å². The van der Waals surface area contributed by atoms with Crippen molar-refractivity contribution in [1.82, 2.24) is 15.1 Å². The summed E-state index contributed by atoms with van der Waals surface area (Å²) >= 11 is 0. The van der Waals surface area contributed by atoms with Gasteiger partial charge in [-0.2, -0.15) is 0 Å². The number of hydrogen-bond donors (Lipinski definition) is 1. The third-order valence-corrected chi connectivity index (χ3v) is 3.93. The van der Waals surface area contributed by atoms with Crippen LogP contribution < -0.4 is 5.32 Å². The van der Waals surface area contributed by atoms with Crippen molar-refractivity contribution >= 4 is 5.91 Å². The monoisotopic (exact) mass is 239 g/mol. The Labute approximate surface area is 104 Å². The lowest BCUT2D eigenvalue weighted by molar-refractivity contribution is -0.136. The molecule has 1 aliphatic heterocycles. The van der Waals surface area contributed by atoms with E-state index in [1.165, 1.54) is 12.8 Å². The molecule has 98 valence electrons. The van der Waals surface area contributed by atoms with Crippen molar-refractivity contribution in [3.05, 3.63) is 0 Å². The molecule has 2 rings (SSSR count). The number of rotatable bonds is 5. The second kappa shape index (κ2) is 5.83. The Kier molecular flexibility index (Phi) is 4.40. The maximum atomic E-state index is 12.4. The van der Waals surface area contributed by atoms with Gasteiger partial charge in [-0.05, 0) is 32.6 Å². The van der Waals surface area contributed by atoms with Crippen LogP contribution in [0.25, 0.3) is 0 Å². The van der Waals surface area contributed by atoms with Gasteiger partial charge in [0.25, 0.3) is 0 Å². The lowest BCUT2D eigenvalue weighted by Gasteiger charge is -2.34. The van der Waals surface area contributed by atoms with Crippen LogP contribution in [0.2, 0.25) is 0 Å². The molecule has 2 fully saturated rings. The largest absolute Gasteiger partial charge is 0.341 e. The molecule has 4 heteroatoms. The average molecular weight is 239 g/mol. The van der Waals surface area contributed by atoms with E-state index < -0.39 is 0 Å². The van der Waals surface area contributed by atoms with E-state index in [0.29, 0.717) is 5.91 Å². The number of hydrogen-bond acceptors (Lipinski definition) is 3. The predicted molar refractivity (Wildman–Crippen MR) is 68.9 cm³/mol. The minimum atomic E-state index is 0.0517. The molecule has 1 saturated heterocycles. The van der Waals surface area contributed by atoms with Crippen LogP contribution >= 0.6 is 0 Å². The summed E-state index contributed by atoms with van der Waals surface area (Å²) in [6.45, 7) is 9.98. The van der Waals surface area contributed by atoms with E-state index in [1.807, 2.05) is 4.90 Å². The molecule has 1 saturated carbocycles. The van der Waals surface area contributed by atoms with Crippen LogP contribution in [0.4, 0.5) is 0 Å². The number of likely N-dealkylation sites (N-methyl/N-ethyl adjacent to an activating group) is 1. The minimum Gasteiger partial charge on any atom is -0.341 e. The van der Waals surface area contributed by atoms with Gasteiger partial charge < -0.3 is 10.2 Å². The average Bonchev–Trinajstić information content (AvgIpc) is 3.19. The van der Waals surface area contributed by atoms with Crippen LogP contribution in [-0.4, -0.2) is 61.0 Å². The Morgan fingerprint density at radius 1 is 1.41 bits per heavy atom. The van der Waals surface area contributed by atoms with E-state index in [1.54, 1.807) is 0 Å².